The van der Waals surface area contributed by atoms with Crippen LogP contribution in [0.3, 0.4) is 0 Å². The van der Waals surface area contributed by atoms with Crippen molar-refractivity contribution in [1.29, 1.82) is 0 Å². The van der Waals surface area contributed by atoms with E-state index in [-0.39, 0.29) is 5.60 Å². The molecule has 1 aromatic carbocycles. The Kier molecular flexibility index (Phi) is 5.66. The molecule has 17 heavy (non-hydrogen) atoms. The molecule has 0 aromatic heterocycles. The maximum Gasteiger partial charge on any atom is 0.0724 e. The van der Waals surface area contributed by atoms with Gasteiger partial charge >= 0.3 is 0 Å². The van der Waals surface area contributed by atoms with E-state index in [1.165, 1.54) is 11.1 Å². The van der Waals surface area contributed by atoms with Gasteiger partial charge in [-0.2, -0.15) is 0 Å². The van der Waals surface area contributed by atoms with Crippen LogP contribution in [-0.4, -0.2) is 18.7 Å². The van der Waals surface area contributed by atoms with Crippen molar-refractivity contribution in [3.63, 3.8) is 0 Å². The Bertz CT molecular complexity index is 311. The van der Waals surface area contributed by atoms with Crippen molar-refractivity contribution >= 4 is 0 Å². The molecular formula is C15H25NO. The Morgan fingerprint density at radius 1 is 1.06 bits per heavy atom. The van der Waals surface area contributed by atoms with Crippen LogP contribution in [0.1, 0.15) is 38.8 Å². The van der Waals surface area contributed by atoms with Gasteiger partial charge < -0.3 is 10.1 Å². The molecule has 2 nitrogen and oxygen atoms in total. The smallest absolute Gasteiger partial charge is 0.0724 e. The lowest BCUT2D eigenvalue weighted by Crippen LogP contribution is -2.18. The highest BCUT2D eigenvalue weighted by Gasteiger charge is 2.09. The fourth-order valence-electron chi connectivity index (χ4n) is 1.51. The molecule has 0 amide bonds. The van der Waals surface area contributed by atoms with E-state index in [1.54, 1.807) is 0 Å². The van der Waals surface area contributed by atoms with Crippen molar-refractivity contribution in [2.24, 2.45) is 0 Å². The summed E-state index contributed by atoms with van der Waals surface area (Å²) in [4.78, 5) is 0. The molecule has 1 aromatic rings. The Morgan fingerprint density at radius 3 is 2.18 bits per heavy atom. The van der Waals surface area contributed by atoms with Crippen molar-refractivity contribution < 1.29 is 4.74 Å². The summed E-state index contributed by atoms with van der Waals surface area (Å²) in [6.07, 6.45) is 1.09. The lowest BCUT2D eigenvalue weighted by atomic mass is 10.1. The van der Waals surface area contributed by atoms with Gasteiger partial charge in [-0.05, 0) is 51.4 Å². The van der Waals surface area contributed by atoms with Crippen LogP contribution in [-0.2, 0) is 17.8 Å². The van der Waals surface area contributed by atoms with E-state index in [0.29, 0.717) is 6.61 Å². The van der Waals surface area contributed by atoms with E-state index in [2.05, 4.69) is 57.3 Å². The fourth-order valence-corrected chi connectivity index (χ4v) is 1.51. The number of ether oxygens (including phenoxy) is 1. The molecule has 0 atom stereocenters. The molecule has 2 heteroatoms. The maximum atomic E-state index is 5.74. The predicted octanol–water partition coefficient (Wildman–Crippen LogP) is 3.15. The Hall–Kier alpha value is -0.860. The van der Waals surface area contributed by atoms with Gasteiger partial charge in [-0.1, -0.05) is 31.2 Å². The molecule has 0 spiro atoms. The Morgan fingerprint density at radius 2 is 1.65 bits per heavy atom. The molecule has 0 unspecified atom stereocenters. The van der Waals surface area contributed by atoms with Gasteiger partial charge in [0.25, 0.3) is 0 Å². The highest BCUT2D eigenvalue weighted by molar-refractivity contribution is 5.22. The van der Waals surface area contributed by atoms with Crippen LogP contribution in [0.4, 0.5) is 0 Å². The van der Waals surface area contributed by atoms with Crippen LogP contribution < -0.4 is 5.32 Å². The van der Waals surface area contributed by atoms with E-state index in [1.807, 2.05) is 0 Å². The zero-order valence-corrected chi connectivity index (χ0v) is 11.5. The van der Waals surface area contributed by atoms with Gasteiger partial charge in [0.15, 0.2) is 0 Å². The minimum absolute atomic E-state index is 0.0658. The van der Waals surface area contributed by atoms with Crippen molar-refractivity contribution in [2.75, 3.05) is 13.1 Å². The van der Waals surface area contributed by atoms with Crippen molar-refractivity contribution in [3.05, 3.63) is 35.4 Å². The summed E-state index contributed by atoms with van der Waals surface area (Å²) in [6, 6.07) is 8.71. The van der Waals surface area contributed by atoms with E-state index >= 15 is 0 Å². The number of hydrogen-bond donors (Lipinski definition) is 1. The van der Waals surface area contributed by atoms with Gasteiger partial charge in [-0.25, -0.2) is 0 Å². The molecule has 0 aliphatic heterocycles. The monoisotopic (exact) mass is 235 g/mol. The first-order chi connectivity index (χ1) is 8.01. The second-order valence-electron chi connectivity index (χ2n) is 5.32. The molecular weight excluding hydrogens is 210 g/mol. The first-order valence-electron chi connectivity index (χ1n) is 6.44. The zero-order chi connectivity index (χ0) is 12.7. The van der Waals surface area contributed by atoms with Crippen LogP contribution in [0.5, 0.6) is 0 Å². The normalized spacial score (nSPS) is 11.8. The van der Waals surface area contributed by atoms with Crippen LogP contribution in [0, 0.1) is 0 Å². The molecule has 0 saturated carbocycles. The Labute approximate surface area is 105 Å². The third kappa shape index (κ3) is 6.44. The van der Waals surface area contributed by atoms with E-state index < -0.39 is 0 Å². The summed E-state index contributed by atoms with van der Waals surface area (Å²) >= 11 is 0. The van der Waals surface area contributed by atoms with Gasteiger partial charge in [0.1, 0.15) is 0 Å². The second-order valence-corrected chi connectivity index (χ2v) is 5.32. The molecule has 1 N–H and O–H groups in total. The topological polar surface area (TPSA) is 21.3 Å². The maximum absolute atomic E-state index is 5.74. The summed E-state index contributed by atoms with van der Waals surface area (Å²) in [7, 11) is 0. The SMILES string of the molecule is CCNCCc1ccc(COC(C)(C)C)cc1. The van der Waals surface area contributed by atoms with Crippen LogP contribution in [0.25, 0.3) is 0 Å². The summed E-state index contributed by atoms with van der Waals surface area (Å²) < 4.78 is 5.74. The summed E-state index contributed by atoms with van der Waals surface area (Å²) in [6.45, 7) is 11.2. The molecule has 0 aliphatic rings. The highest BCUT2D eigenvalue weighted by Crippen LogP contribution is 2.12. The summed E-state index contributed by atoms with van der Waals surface area (Å²) in [5.74, 6) is 0. The molecule has 0 bridgehead atoms. The minimum atomic E-state index is -0.0658. The number of nitrogens with one attached hydrogen (secondary N) is 1. The largest absolute Gasteiger partial charge is 0.371 e. The van der Waals surface area contributed by atoms with E-state index in [4.69, 9.17) is 4.74 Å². The quantitative estimate of drug-likeness (QED) is 0.765. The van der Waals surface area contributed by atoms with Gasteiger partial charge in [0, 0.05) is 0 Å². The second kappa shape index (κ2) is 6.77. The van der Waals surface area contributed by atoms with Crippen LogP contribution >= 0.6 is 0 Å². The fraction of sp³-hybridized carbons (Fsp3) is 0.600. The van der Waals surface area contributed by atoms with Crippen LogP contribution in [0.15, 0.2) is 24.3 Å². The van der Waals surface area contributed by atoms with Crippen molar-refractivity contribution in [1.82, 2.24) is 5.32 Å². The van der Waals surface area contributed by atoms with Crippen LogP contribution in [0.2, 0.25) is 0 Å². The summed E-state index contributed by atoms with van der Waals surface area (Å²) in [5, 5.41) is 3.33. The summed E-state index contributed by atoms with van der Waals surface area (Å²) in [5.41, 5.74) is 2.56. The number of likely N-dealkylation sites (N-methyl/N-ethyl adjacent to an activating group) is 1. The lowest BCUT2D eigenvalue weighted by molar-refractivity contribution is -0.0149. The Balaban J connectivity index is 2.39. The standard InChI is InChI=1S/C15H25NO/c1-5-16-11-10-13-6-8-14(9-7-13)12-17-15(2,3)4/h6-9,16H,5,10-12H2,1-4H3. The van der Waals surface area contributed by atoms with Crippen molar-refractivity contribution in [3.8, 4) is 0 Å². The van der Waals surface area contributed by atoms with Gasteiger partial charge in [0.05, 0.1) is 12.2 Å². The third-order valence-corrected chi connectivity index (χ3v) is 2.54. The molecule has 0 radical (unpaired) electrons. The van der Waals surface area contributed by atoms with E-state index in [9.17, 15) is 0 Å². The molecule has 0 aliphatic carbocycles. The number of rotatable bonds is 6. The molecule has 0 heterocycles. The molecule has 96 valence electrons. The highest BCUT2D eigenvalue weighted by atomic mass is 16.5. The third-order valence-electron chi connectivity index (χ3n) is 2.54. The number of hydrogen-bond acceptors (Lipinski definition) is 2. The first-order valence-corrected chi connectivity index (χ1v) is 6.44. The molecule has 1 rings (SSSR count). The first kappa shape index (κ1) is 14.2. The van der Waals surface area contributed by atoms with Gasteiger partial charge in [-0.15, -0.1) is 0 Å². The number of benzene rings is 1. The lowest BCUT2D eigenvalue weighted by Gasteiger charge is -2.19. The predicted molar refractivity (Wildman–Crippen MR) is 73.2 cm³/mol. The van der Waals surface area contributed by atoms with Gasteiger partial charge in [-0.3, -0.25) is 0 Å². The van der Waals surface area contributed by atoms with Gasteiger partial charge in [0.2, 0.25) is 0 Å². The van der Waals surface area contributed by atoms with E-state index in [0.717, 1.165) is 19.5 Å². The average Bonchev–Trinajstić information content (AvgIpc) is 2.27. The molecule has 0 saturated heterocycles. The zero-order valence-electron chi connectivity index (χ0n) is 11.5. The molecule has 0 fully saturated rings. The minimum Gasteiger partial charge on any atom is -0.371 e. The van der Waals surface area contributed by atoms with Crippen molar-refractivity contribution in [2.45, 2.75) is 46.3 Å². The average molecular weight is 235 g/mol.